The van der Waals surface area contributed by atoms with Gasteiger partial charge in [-0.1, -0.05) is 71.4 Å². The van der Waals surface area contributed by atoms with Crippen molar-refractivity contribution in [3.8, 4) is 0 Å². The molecule has 5 rings (SSSR count). The van der Waals surface area contributed by atoms with Crippen molar-refractivity contribution in [2.24, 2.45) is 29.6 Å². The number of benzene rings is 1. The number of unbranched alkanes of at least 4 members (excludes halogenated alkanes) is 1. The molecule has 2 saturated heterocycles. The molecule has 17 heteroatoms. The first kappa shape index (κ1) is 43.2. The maximum absolute atomic E-state index is 14.7. The van der Waals surface area contributed by atoms with E-state index in [0.717, 1.165) is 18.2 Å². The number of carboxylic acids is 1. The van der Waals surface area contributed by atoms with E-state index in [4.69, 9.17) is 0 Å². The average molecular weight is 810 g/mol. The number of carbonyl (C=O) groups excluding carboxylic acids is 6. The molecule has 4 N–H and O–H groups in total. The number of nitrogens with zero attached hydrogens (tertiary/aromatic N) is 4. The number of aromatic nitrogens is 2. The Bertz CT molecular complexity index is 1800. The lowest BCUT2D eigenvalue weighted by molar-refractivity contribution is -0.148. The van der Waals surface area contributed by atoms with Gasteiger partial charge in [-0.2, -0.15) is 0 Å². The number of halogens is 1. The topological polar surface area (TPSA) is 208 Å². The molecular formula is C40H52FN7O8S. The van der Waals surface area contributed by atoms with Crippen molar-refractivity contribution < 1.29 is 43.1 Å². The fraction of sp³-hybridized carbons (Fsp3) is 0.575. The summed E-state index contributed by atoms with van der Waals surface area (Å²) in [6.45, 7) is 8.24. The molecule has 2 aromatic rings. The predicted octanol–water partition coefficient (Wildman–Crippen LogP) is 2.26. The molecule has 0 bridgehead atoms. The van der Waals surface area contributed by atoms with E-state index in [2.05, 4.69) is 25.9 Å². The van der Waals surface area contributed by atoms with Gasteiger partial charge in [0.05, 0.1) is 12.9 Å². The Kier molecular flexibility index (Phi) is 14.4. The molecule has 0 spiro atoms. The maximum Gasteiger partial charge on any atom is 0.326 e. The van der Waals surface area contributed by atoms with Crippen LogP contribution in [0.5, 0.6) is 0 Å². The Morgan fingerprint density at radius 1 is 0.982 bits per heavy atom. The Morgan fingerprint density at radius 3 is 2.28 bits per heavy atom. The molecule has 1 saturated carbocycles. The number of ketones is 1. The quantitative estimate of drug-likeness (QED) is 0.120. The standard InChI is InChI=1S/C40H52FN7O8S/c1-6-7-15-57-39(33(49)36(52)44-26(40(55)56)16-23-11-9-8-10-12-23)48-28-17-24(18-41)25-20-47(32(29(25)28)38(48)54)37(53)31(22(4)5)46-35(51)30(21(2)3)45-34(50)27-19-42-13-14-43-27/h8-14,19,21-22,24-26,28-32,39H,6-7,15-18,20H2,1-5H3,(H,44,52)(H,45,50)(H,46,51)(H,55,56)/t24?,25-,26+,28?,29-,30?,31+,32+,39?/m1/s1. The van der Waals surface area contributed by atoms with Crippen LogP contribution in [0, 0.1) is 29.6 Å². The normalized spacial score (nSPS) is 23.2. The van der Waals surface area contributed by atoms with Crippen molar-refractivity contribution in [2.45, 2.75) is 95.9 Å². The molecule has 5 amide bonds. The smallest absolute Gasteiger partial charge is 0.326 e. The summed E-state index contributed by atoms with van der Waals surface area (Å²) >= 11 is 1.10. The van der Waals surface area contributed by atoms with Crippen LogP contribution in [0.25, 0.3) is 0 Å². The summed E-state index contributed by atoms with van der Waals surface area (Å²) in [6.07, 6.45) is 5.60. The van der Waals surface area contributed by atoms with Crippen LogP contribution in [0.1, 0.15) is 69.9 Å². The summed E-state index contributed by atoms with van der Waals surface area (Å²) in [7, 11) is 0. The van der Waals surface area contributed by atoms with Gasteiger partial charge in [-0.3, -0.25) is 38.1 Å². The zero-order valence-corrected chi connectivity index (χ0v) is 33.6. The van der Waals surface area contributed by atoms with Crippen molar-refractivity contribution in [1.29, 1.82) is 0 Å². The van der Waals surface area contributed by atoms with Gasteiger partial charge in [-0.05, 0) is 47.8 Å². The van der Waals surface area contributed by atoms with Crippen molar-refractivity contribution >= 4 is 53.1 Å². The van der Waals surface area contributed by atoms with Crippen molar-refractivity contribution in [2.75, 3.05) is 19.0 Å². The number of carboxylic acid groups (broad SMARTS) is 1. The molecule has 0 radical (unpaired) electrons. The third kappa shape index (κ3) is 9.45. The van der Waals surface area contributed by atoms with E-state index in [1.54, 1.807) is 58.0 Å². The lowest BCUT2D eigenvalue weighted by atomic mass is 9.90. The lowest BCUT2D eigenvalue weighted by Crippen LogP contribution is -2.59. The molecule has 3 aliphatic rings. The second-order valence-corrected chi connectivity index (χ2v) is 16.8. The van der Waals surface area contributed by atoms with Gasteiger partial charge in [0, 0.05) is 37.3 Å². The predicted molar refractivity (Wildman–Crippen MR) is 208 cm³/mol. The van der Waals surface area contributed by atoms with Crippen molar-refractivity contribution in [3.63, 3.8) is 0 Å². The van der Waals surface area contributed by atoms with Gasteiger partial charge in [0.25, 0.3) is 17.6 Å². The molecule has 3 fully saturated rings. The first-order valence-corrected chi connectivity index (χ1v) is 20.5. The highest BCUT2D eigenvalue weighted by Crippen LogP contribution is 2.54. The van der Waals surface area contributed by atoms with Crippen LogP contribution < -0.4 is 16.0 Å². The van der Waals surface area contributed by atoms with Crippen LogP contribution >= 0.6 is 11.8 Å². The highest BCUT2D eigenvalue weighted by atomic mass is 32.2. The van der Waals surface area contributed by atoms with Gasteiger partial charge in [0.2, 0.25) is 17.7 Å². The Morgan fingerprint density at radius 2 is 1.68 bits per heavy atom. The number of thioether (sulfide) groups is 1. The number of hydrogen-bond donors (Lipinski definition) is 4. The minimum Gasteiger partial charge on any atom is -0.480 e. The molecule has 4 unspecified atom stereocenters. The molecule has 15 nitrogen and oxygen atoms in total. The van der Waals surface area contributed by atoms with Gasteiger partial charge in [-0.25, -0.2) is 9.78 Å². The van der Waals surface area contributed by atoms with Gasteiger partial charge in [0.15, 0.2) is 0 Å². The van der Waals surface area contributed by atoms with Gasteiger partial charge in [0.1, 0.15) is 35.2 Å². The van der Waals surface area contributed by atoms with Crippen LogP contribution in [0.3, 0.4) is 0 Å². The van der Waals surface area contributed by atoms with Crippen molar-refractivity contribution in [3.05, 3.63) is 60.2 Å². The van der Waals surface area contributed by atoms with E-state index in [1.165, 1.54) is 28.4 Å². The largest absolute Gasteiger partial charge is 0.480 e. The zero-order valence-electron chi connectivity index (χ0n) is 32.8. The van der Waals surface area contributed by atoms with Gasteiger partial charge in [-0.15, -0.1) is 11.8 Å². The average Bonchev–Trinajstić information content (AvgIpc) is 3.84. The number of Topliss-reactive ketones (excluding diaryl/α,β-unsaturated/α-hetero) is 1. The number of likely N-dealkylation sites (tertiary alicyclic amines) is 2. The highest BCUT2D eigenvalue weighted by Gasteiger charge is 2.66. The SMILES string of the molecule is CCCCSC(C(=O)C(=O)N[C@@H](Cc1ccccc1)C(=O)O)N1C(=O)[C@@H]2[C@H]3C1CC(CF)[C@H]3CN2C(=O)[C@@H](NC(=O)C(NC(=O)c1cnccn1)C(C)C)C(C)C. The first-order chi connectivity index (χ1) is 27.2. The number of amides is 5. The molecule has 9 atom stereocenters. The molecule has 308 valence electrons. The Balaban J connectivity index is 1.39. The fourth-order valence-electron chi connectivity index (χ4n) is 8.23. The molecule has 1 aromatic carbocycles. The van der Waals surface area contributed by atoms with Crippen molar-refractivity contribution in [1.82, 2.24) is 35.7 Å². The Labute approximate surface area is 335 Å². The van der Waals surface area contributed by atoms with E-state index >= 15 is 0 Å². The van der Waals surface area contributed by atoms with E-state index in [1.807, 2.05) is 6.92 Å². The van der Waals surface area contributed by atoms with Crippen LogP contribution in [0.4, 0.5) is 4.39 Å². The third-order valence-electron chi connectivity index (χ3n) is 11.2. The highest BCUT2D eigenvalue weighted by molar-refractivity contribution is 8.00. The summed E-state index contributed by atoms with van der Waals surface area (Å²) in [5.41, 5.74) is 0.642. The number of carbonyl (C=O) groups is 7. The molecular weight excluding hydrogens is 758 g/mol. The van der Waals surface area contributed by atoms with Crippen LogP contribution in [0.2, 0.25) is 0 Å². The maximum atomic E-state index is 14.7. The van der Waals surface area contributed by atoms with E-state index < -0.39 is 113 Å². The molecule has 57 heavy (non-hydrogen) atoms. The van der Waals surface area contributed by atoms with E-state index in [0.29, 0.717) is 17.7 Å². The lowest BCUT2D eigenvalue weighted by Gasteiger charge is -2.33. The number of rotatable bonds is 19. The second kappa shape index (κ2) is 19.0. The molecule has 3 heterocycles. The summed E-state index contributed by atoms with van der Waals surface area (Å²) in [5, 5.41) is 16.4. The minimum atomic E-state index is -1.42. The number of aliphatic carboxylic acids is 1. The molecule has 1 aromatic heterocycles. The molecule has 1 aliphatic carbocycles. The van der Waals surface area contributed by atoms with Gasteiger partial charge < -0.3 is 30.9 Å². The monoisotopic (exact) mass is 809 g/mol. The summed E-state index contributed by atoms with van der Waals surface area (Å²) in [6, 6.07) is 3.30. The summed E-state index contributed by atoms with van der Waals surface area (Å²) in [5.74, 6) is -7.79. The van der Waals surface area contributed by atoms with E-state index in [-0.39, 0.29) is 25.1 Å². The van der Waals surface area contributed by atoms with Gasteiger partial charge >= 0.3 is 5.97 Å². The van der Waals surface area contributed by atoms with E-state index in [9.17, 15) is 43.1 Å². The number of hydrogen-bond acceptors (Lipinski definition) is 10. The zero-order chi connectivity index (χ0) is 41.6. The minimum absolute atomic E-state index is 0.00771. The summed E-state index contributed by atoms with van der Waals surface area (Å²) in [4.78, 5) is 106. The molecule has 2 aliphatic heterocycles. The third-order valence-corrected chi connectivity index (χ3v) is 12.4. The first-order valence-electron chi connectivity index (χ1n) is 19.5. The number of nitrogens with one attached hydrogen (secondary N) is 3. The number of alkyl halides is 1. The fourth-order valence-corrected chi connectivity index (χ4v) is 9.59. The Hall–Kier alpha value is -4.93. The van der Waals surface area contributed by atoms with Crippen LogP contribution in [0.15, 0.2) is 48.9 Å². The van der Waals surface area contributed by atoms with Crippen LogP contribution in [-0.4, -0.2) is 121 Å². The second-order valence-electron chi connectivity index (χ2n) is 15.7. The van der Waals surface area contributed by atoms with Crippen LogP contribution in [-0.2, 0) is 35.2 Å². The summed E-state index contributed by atoms with van der Waals surface area (Å²) < 4.78 is 14.7.